The predicted molar refractivity (Wildman–Crippen MR) is 64.8 cm³/mol. The van der Waals surface area contributed by atoms with Crippen molar-refractivity contribution >= 4 is 11.6 Å². The molecule has 2 rings (SSSR count). The van der Waals surface area contributed by atoms with E-state index in [2.05, 4.69) is 15.6 Å². The lowest BCUT2D eigenvalue weighted by atomic mass is 10.1. The van der Waals surface area contributed by atoms with Gasteiger partial charge in [0.15, 0.2) is 0 Å². The highest BCUT2D eigenvalue weighted by molar-refractivity contribution is 5.95. The molecule has 0 unspecified atom stereocenters. The first-order valence-corrected chi connectivity index (χ1v) is 5.76. The average Bonchev–Trinajstić information content (AvgIpc) is 2.32. The number of nitrogens with one attached hydrogen (secondary N) is 2. The number of pyridine rings is 1. The third-order valence-corrected chi connectivity index (χ3v) is 2.86. The van der Waals surface area contributed by atoms with Gasteiger partial charge in [0.2, 0.25) is 5.91 Å². The van der Waals surface area contributed by atoms with Crippen LogP contribution in [0.4, 0.5) is 5.69 Å². The topological polar surface area (TPSA) is 63.2 Å². The first-order chi connectivity index (χ1) is 8.18. The van der Waals surface area contributed by atoms with Gasteiger partial charge in [0, 0.05) is 12.7 Å². The summed E-state index contributed by atoms with van der Waals surface area (Å²) in [6.45, 7) is 5.11. The first-order valence-electron chi connectivity index (χ1n) is 5.76. The van der Waals surface area contributed by atoms with Crippen molar-refractivity contribution < 1.29 is 9.53 Å². The fourth-order valence-corrected chi connectivity index (χ4v) is 1.85. The highest BCUT2D eigenvalue weighted by Gasteiger charge is 2.28. The highest BCUT2D eigenvalue weighted by Crippen LogP contribution is 2.12. The standard InChI is InChI=1S/C12H17N3O2/c1-8-10(4-3-5-13-8)15-12(16)11-9(2)17-7-6-14-11/h3-5,9,11,14H,6-7H2,1-2H3,(H,15,16)/t9-,11+/m1/s1. The Bertz CT molecular complexity index is 408. The minimum atomic E-state index is -0.302. The van der Waals surface area contributed by atoms with Crippen molar-refractivity contribution in [3.05, 3.63) is 24.0 Å². The van der Waals surface area contributed by atoms with E-state index in [4.69, 9.17) is 4.74 Å². The van der Waals surface area contributed by atoms with Gasteiger partial charge in [-0.3, -0.25) is 9.78 Å². The summed E-state index contributed by atoms with van der Waals surface area (Å²) in [6.07, 6.45) is 1.59. The van der Waals surface area contributed by atoms with Crippen molar-refractivity contribution in [3.63, 3.8) is 0 Å². The molecule has 2 heterocycles. The molecule has 0 saturated carbocycles. The van der Waals surface area contributed by atoms with Gasteiger partial charge < -0.3 is 15.4 Å². The van der Waals surface area contributed by atoms with Crippen LogP contribution >= 0.6 is 0 Å². The molecular weight excluding hydrogens is 218 g/mol. The summed E-state index contributed by atoms with van der Waals surface area (Å²) in [5.41, 5.74) is 1.56. The molecular formula is C12H17N3O2. The van der Waals surface area contributed by atoms with E-state index in [1.165, 1.54) is 0 Å². The number of hydrogen-bond acceptors (Lipinski definition) is 4. The molecule has 1 aliphatic heterocycles. The number of nitrogens with zero attached hydrogens (tertiary/aromatic N) is 1. The molecule has 0 aromatic carbocycles. The third kappa shape index (κ3) is 2.81. The zero-order valence-electron chi connectivity index (χ0n) is 10.1. The zero-order chi connectivity index (χ0) is 12.3. The number of hydrogen-bond donors (Lipinski definition) is 2. The van der Waals surface area contributed by atoms with E-state index < -0.39 is 0 Å². The summed E-state index contributed by atoms with van der Waals surface area (Å²) in [5, 5.41) is 6.02. The predicted octanol–water partition coefficient (Wildman–Crippen LogP) is 0.705. The van der Waals surface area contributed by atoms with E-state index >= 15 is 0 Å². The smallest absolute Gasteiger partial charge is 0.244 e. The maximum Gasteiger partial charge on any atom is 0.244 e. The van der Waals surface area contributed by atoms with Gasteiger partial charge in [-0.25, -0.2) is 0 Å². The monoisotopic (exact) mass is 235 g/mol. The van der Waals surface area contributed by atoms with E-state index in [9.17, 15) is 4.79 Å². The normalized spacial score (nSPS) is 24.4. The Morgan fingerprint density at radius 2 is 2.47 bits per heavy atom. The molecule has 2 N–H and O–H groups in total. The molecule has 1 saturated heterocycles. The second kappa shape index (κ2) is 5.25. The van der Waals surface area contributed by atoms with Crippen molar-refractivity contribution in [1.82, 2.24) is 10.3 Å². The second-order valence-corrected chi connectivity index (χ2v) is 4.13. The number of carbonyl (C=O) groups excluding carboxylic acids is 1. The van der Waals surface area contributed by atoms with Gasteiger partial charge in [0.1, 0.15) is 6.04 Å². The summed E-state index contributed by atoms with van der Waals surface area (Å²) in [4.78, 5) is 16.2. The fourth-order valence-electron chi connectivity index (χ4n) is 1.85. The Morgan fingerprint density at radius 3 is 3.18 bits per heavy atom. The number of carbonyl (C=O) groups is 1. The van der Waals surface area contributed by atoms with Gasteiger partial charge in [0.05, 0.1) is 24.1 Å². The molecule has 0 aliphatic carbocycles. The Balaban J connectivity index is 2.03. The molecule has 0 spiro atoms. The Kier molecular flexibility index (Phi) is 3.71. The number of aromatic nitrogens is 1. The summed E-state index contributed by atoms with van der Waals surface area (Å²) in [7, 11) is 0. The van der Waals surface area contributed by atoms with Gasteiger partial charge in [-0.05, 0) is 26.0 Å². The highest BCUT2D eigenvalue weighted by atomic mass is 16.5. The number of anilines is 1. The number of amides is 1. The quantitative estimate of drug-likeness (QED) is 0.792. The van der Waals surface area contributed by atoms with Crippen LogP contribution in [0, 0.1) is 6.92 Å². The van der Waals surface area contributed by atoms with Crippen LogP contribution in [0.3, 0.4) is 0 Å². The minimum Gasteiger partial charge on any atom is -0.375 e. The van der Waals surface area contributed by atoms with Crippen molar-refractivity contribution in [2.75, 3.05) is 18.5 Å². The Morgan fingerprint density at radius 1 is 1.65 bits per heavy atom. The molecule has 92 valence electrons. The molecule has 1 aliphatic rings. The largest absolute Gasteiger partial charge is 0.375 e. The summed E-state index contributed by atoms with van der Waals surface area (Å²) < 4.78 is 5.44. The van der Waals surface area contributed by atoms with Crippen LogP contribution in [0.1, 0.15) is 12.6 Å². The average molecular weight is 235 g/mol. The van der Waals surface area contributed by atoms with Crippen LogP contribution in [-0.2, 0) is 9.53 Å². The molecule has 1 aromatic rings. The molecule has 1 amide bonds. The van der Waals surface area contributed by atoms with Crippen LogP contribution in [0.15, 0.2) is 18.3 Å². The number of morpholine rings is 1. The Hall–Kier alpha value is -1.46. The number of aryl methyl sites for hydroxylation is 1. The minimum absolute atomic E-state index is 0.0756. The fraction of sp³-hybridized carbons (Fsp3) is 0.500. The molecule has 1 aromatic heterocycles. The van der Waals surface area contributed by atoms with Crippen LogP contribution in [0.5, 0.6) is 0 Å². The maximum atomic E-state index is 12.0. The van der Waals surface area contributed by atoms with Crippen LogP contribution in [-0.4, -0.2) is 36.2 Å². The molecule has 0 radical (unpaired) electrons. The van der Waals surface area contributed by atoms with Crippen molar-refractivity contribution in [1.29, 1.82) is 0 Å². The lowest BCUT2D eigenvalue weighted by Gasteiger charge is -2.29. The van der Waals surface area contributed by atoms with Crippen LogP contribution in [0.2, 0.25) is 0 Å². The van der Waals surface area contributed by atoms with Gasteiger partial charge >= 0.3 is 0 Å². The summed E-state index contributed by atoms with van der Waals surface area (Å²) in [5.74, 6) is -0.0756. The molecule has 2 atom stereocenters. The van der Waals surface area contributed by atoms with Gasteiger partial charge in [-0.1, -0.05) is 0 Å². The molecule has 0 bridgehead atoms. The van der Waals surface area contributed by atoms with Crippen molar-refractivity contribution in [2.24, 2.45) is 0 Å². The SMILES string of the molecule is Cc1ncccc1NC(=O)[C@H]1NCCO[C@@H]1C. The summed E-state index contributed by atoms with van der Waals surface area (Å²) >= 11 is 0. The van der Waals surface area contributed by atoms with Gasteiger partial charge in [-0.2, -0.15) is 0 Å². The first kappa shape index (κ1) is 12.0. The van der Waals surface area contributed by atoms with E-state index in [1.54, 1.807) is 12.3 Å². The zero-order valence-corrected chi connectivity index (χ0v) is 10.1. The van der Waals surface area contributed by atoms with Crippen molar-refractivity contribution in [2.45, 2.75) is 26.0 Å². The Labute approximate surface area is 101 Å². The molecule has 1 fully saturated rings. The van der Waals surface area contributed by atoms with Gasteiger partial charge in [-0.15, -0.1) is 0 Å². The second-order valence-electron chi connectivity index (χ2n) is 4.13. The van der Waals surface area contributed by atoms with E-state index in [0.29, 0.717) is 13.2 Å². The molecule has 5 heteroatoms. The van der Waals surface area contributed by atoms with E-state index in [1.807, 2.05) is 19.9 Å². The van der Waals surface area contributed by atoms with Crippen LogP contribution < -0.4 is 10.6 Å². The van der Waals surface area contributed by atoms with Crippen molar-refractivity contribution in [3.8, 4) is 0 Å². The number of rotatable bonds is 2. The maximum absolute atomic E-state index is 12.0. The lowest BCUT2D eigenvalue weighted by Crippen LogP contribution is -2.53. The third-order valence-electron chi connectivity index (χ3n) is 2.86. The van der Waals surface area contributed by atoms with E-state index in [0.717, 1.165) is 11.4 Å². The molecule has 5 nitrogen and oxygen atoms in total. The van der Waals surface area contributed by atoms with E-state index in [-0.39, 0.29) is 18.1 Å². The molecule has 17 heavy (non-hydrogen) atoms. The lowest BCUT2D eigenvalue weighted by molar-refractivity contribution is -0.123. The summed E-state index contributed by atoms with van der Waals surface area (Å²) in [6, 6.07) is 3.34. The number of ether oxygens (including phenoxy) is 1. The van der Waals surface area contributed by atoms with Crippen LogP contribution in [0.25, 0.3) is 0 Å². The van der Waals surface area contributed by atoms with Gasteiger partial charge in [0.25, 0.3) is 0 Å².